The Bertz CT molecular complexity index is 839. The van der Waals surface area contributed by atoms with Crippen molar-refractivity contribution in [3.8, 4) is 5.75 Å². The second-order valence-corrected chi connectivity index (χ2v) is 7.40. The number of fused-ring (bicyclic) bond motifs is 1. The molecule has 1 aliphatic rings. The maximum atomic E-state index is 11.6. The quantitative estimate of drug-likeness (QED) is 0.251. The number of para-hydroxylation sites is 1. The lowest BCUT2D eigenvalue weighted by molar-refractivity contribution is -0.129. The summed E-state index contributed by atoms with van der Waals surface area (Å²) in [5.41, 5.74) is 2.16. The van der Waals surface area contributed by atoms with E-state index in [0.29, 0.717) is 17.3 Å². The highest BCUT2D eigenvalue weighted by molar-refractivity contribution is 14.1. The molecule has 0 saturated heterocycles. The van der Waals surface area contributed by atoms with Crippen LogP contribution in [-0.2, 0) is 4.79 Å². The average molecular weight is 485 g/mol. The molecule has 2 aromatic rings. The number of carboxylic acid groups (broad SMARTS) is 1. The van der Waals surface area contributed by atoms with Crippen LogP contribution in [0.25, 0.3) is 0 Å². The van der Waals surface area contributed by atoms with Crippen molar-refractivity contribution in [2.45, 2.75) is 23.8 Å². The number of anilines is 2. The fourth-order valence-electron chi connectivity index (χ4n) is 2.68. The molecule has 0 amide bonds. The Morgan fingerprint density at radius 2 is 2.04 bits per heavy atom. The fourth-order valence-corrected chi connectivity index (χ4v) is 3.92. The molecular formula is C19H18ClIN2O3. The first-order valence-electron chi connectivity index (χ1n) is 8.29. The summed E-state index contributed by atoms with van der Waals surface area (Å²) < 4.78 is 5.25. The van der Waals surface area contributed by atoms with E-state index >= 15 is 0 Å². The Kier molecular flexibility index (Phi) is 6.03. The summed E-state index contributed by atoms with van der Waals surface area (Å²) in [7, 11) is 0. The lowest BCUT2D eigenvalue weighted by atomic mass is 10.1. The van der Waals surface area contributed by atoms with Crippen molar-refractivity contribution in [2.24, 2.45) is 4.99 Å². The van der Waals surface area contributed by atoms with Gasteiger partial charge in [-0.25, -0.2) is 9.79 Å². The second kappa shape index (κ2) is 8.26. The van der Waals surface area contributed by atoms with Gasteiger partial charge in [0.2, 0.25) is 0 Å². The topological polar surface area (TPSA) is 62.1 Å². The molecule has 26 heavy (non-hydrogen) atoms. The molecule has 1 unspecified atom stereocenters. The summed E-state index contributed by atoms with van der Waals surface area (Å²) in [6.07, 6.45) is 2.09. The first-order chi connectivity index (χ1) is 12.5. The number of rotatable bonds is 6. The predicted molar refractivity (Wildman–Crippen MR) is 113 cm³/mol. The lowest BCUT2D eigenvalue weighted by Gasteiger charge is -2.34. The summed E-state index contributed by atoms with van der Waals surface area (Å²) in [5, 5.41) is 9.95. The molecule has 2 aromatic carbocycles. The molecule has 0 radical (unpaired) electrons. The van der Waals surface area contributed by atoms with Gasteiger partial charge in [0, 0.05) is 5.69 Å². The molecule has 1 N–H and O–H groups in total. The normalized spacial score (nSPS) is 16.0. The highest BCUT2D eigenvalue weighted by Gasteiger charge is 2.34. The van der Waals surface area contributed by atoms with Gasteiger partial charge < -0.3 is 14.7 Å². The number of benzene rings is 2. The molecule has 0 aromatic heterocycles. The molecule has 1 atom stereocenters. The van der Waals surface area contributed by atoms with E-state index in [1.807, 2.05) is 41.3 Å². The summed E-state index contributed by atoms with van der Waals surface area (Å²) in [5.74, 6) is -0.262. The Balaban J connectivity index is 1.97. The van der Waals surface area contributed by atoms with Gasteiger partial charge in [-0.3, -0.25) is 0 Å². The van der Waals surface area contributed by atoms with Crippen molar-refractivity contribution < 1.29 is 14.6 Å². The van der Waals surface area contributed by atoms with Crippen LogP contribution in [0.1, 0.15) is 19.8 Å². The van der Waals surface area contributed by atoms with Crippen molar-refractivity contribution in [3.05, 3.63) is 47.5 Å². The van der Waals surface area contributed by atoms with Crippen LogP contribution >= 0.6 is 34.2 Å². The van der Waals surface area contributed by atoms with Crippen LogP contribution < -0.4 is 9.64 Å². The smallest absolute Gasteiger partial charge is 0.353 e. The zero-order valence-corrected chi connectivity index (χ0v) is 17.1. The number of carboxylic acids is 1. The van der Waals surface area contributed by atoms with Crippen LogP contribution in [0, 0.1) is 0 Å². The molecule has 1 heterocycles. The molecule has 136 valence electrons. The van der Waals surface area contributed by atoms with E-state index in [9.17, 15) is 9.90 Å². The molecule has 0 spiro atoms. The molecule has 1 aliphatic heterocycles. The number of alkyl halides is 1. The van der Waals surface area contributed by atoms with Gasteiger partial charge in [-0.05, 0) is 42.8 Å². The van der Waals surface area contributed by atoms with Crippen LogP contribution in [0.15, 0.2) is 47.5 Å². The Hall–Kier alpha value is -1.80. The second-order valence-electron chi connectivity index (χ2n) is 5.81. The number of hydrogen-bond acceptors (Lipinski definition) is 4. The van der Waals surface area contributed by atoms with Gasteiger partial charge in [0.15, 0.2) is 5.71 Å². The maximum absolute atomic E-state index is 11.6. The number of aliphatic imine (C=N–C) groups is 1. The zero-order chi connectivity index (χ0) is 18.7. The van der Waals surface area contributed by atoms with Gasteiger partial charge >= 0.3 is 5.97 Å². The molecule has 7 heteroatoms. The van der Waals surface area contributed by atoms with Crippen LogP contribution in [0.4, 0.5) is 17.1 Å². The SMILES string of the molecule is CCCCOc1ccc(N2c3cccc(Cl)c3N=C(C(=O)O)C2I)cc1. The minimum absolute atomic E-state index is 0.0504. The van der Waals surface area contributed by atoms with Crippen molar-refractivity contribution in [1.29, 1.82) is 0 Å². The number of aliphatic carboxylic acids is 1. The van der Waals surface area contributed by atoms with Gasteiger partial charge in [0.25, 0.3) is 0 Å². The van der Waals surface area contributed by atoms with E-state index in [0.717, 1.165) is 30.0 Å². The monoisotopic (exact) mass is 484 g/mol. The van der Waals surface area contributed by atoms with Crippen LogP contribution in [0.3, 0.4) is 0 Å². The molecular weight excluding hydrogens is 467 g/mol. The first-order valence-corrected chi connectivity index (χ1v) is 9.92. The molecule has 0 fully saturated rings. The minimum atomic E-state index is -1.06. The van der Waals surface area contributed by atoms with Crippen molar-refractivity contribution in [3.63, 3.8) is 0 Å². The average Bonchev–Trinajstić information content (AvgIpc) is 2.62. The fraction of sp³-hybridized carbons (Fsp3) is 0.263. The number of unbranched alkanes of at least 4 members (excludes halogenated alkanes) is 1. The third kappa shape index (κ3) is 3.81. The van der Waals surface area contributed by atoms with E-state index in [4.69, 9.17) is 16.3 Å². The maximum Gasteiger partial charge on any atom is 0.353 e. The molecule has 5 nitrogen and oxygen atoms in total. The first kappa shape index (κ1) is 19.0. The van der Waals surface area contributed by atoms with Gasteiger partial charge in [0.1, 0.15) is 15.5 Å². The Labute approximate surface area is 170 Å². The summed E-state index contributed by atoms with van der Waals surface area (Å²) >= 11 is 8.34. The summed E-state index contributed by atoms with van der Waals surface area (Å²) in [6, 6.07) is 13.1. The van der Waals surface area contributed by atoms with E-state index in [-0.39, 0.29) is 5.71 Å². The lowest BCUT2D eigenvalue weighted by Crippen LogP contribution is -2.39. The molecule has 0 bridgehead atoms. The van der Waals surface area contributed by atoms with Crippen molar-refractivity contribution >= 4 is 62.9 Å². The highest BCUT2D eigenvalue weighted by atomic mass is 127. The van der Waals surface area contributed by atoms with Gasteiger partial charge in [-0.1, -0.05) is 53.6 Å². The van der Waals surface area contributed by atoms with E-state index < -0.39 is 10.0 Å². The third-order valence-corrected chi connectivity index (χ3v) is 5.46. The van der Waals surface area contributed by atoms with Crippen LogP contribution in [-0.4, -0.2) is 27.4 Å². The number of carbonyl (C=O) groups is 1. The third-order valence-electron chi connectivity index (χ3n) is 4.01. The standard InChI is InChI=1S/C19H18ClIN2O3/c1-2-3-11-26-13-9-7-12(8-10-13)23-15-6-4-5-14(20)16(15)22-17(18(23)21)19(24)25/h4-10,18H,2-3,11H2,1H3,(H,24,25). The summed E-state index contributed by atoms with van der Waals surface area (Å²) in [6.45, 7) is 2.80. The van der Waals surface area contributed by atoms with E-state index in [1.54, 1.807) is 6.07 Å². The molecule has 0 aliphatic carbocycles. The molecule has 3 rings (SSSR count). The largest absolute Gasteiger partial charge is 0.494 e. The van der Waals surface area contributed by atoms with Gasteiger partial charge in [-0.15, -0.1) is 0 Å². The Morgan fingerprint density at radius 3 is 2.69 bits per heavy atom. The van der Waals surface area contributed by atoms with Gasteiger partial charge in [0.05, 0.1) is 17.3 Å². The zero-order valence-electron chi connectivity index (χ0n) is 14.2. The number of hydrogen-bond donors (Lipinski definition) is 1. The molecule has 0 saturated carbocycles. The van der Waals surface area contributed by atoms with Crippen molar-refractivity contribution in [1.82, 2.24) is 0 Å². The number of halogens is 2. The highest BCUT2D eigenvalue weighted by Crippen LogP contribution is 2.45. The van der Waals surface area contributed by atoms with Crippen LogP contribution in [0.2, 0.25) is 5.02 Å². The number of ether oxygens (including phenoxy) is 1. The van der Waals surface area contributed by atoms with Gasteiger partial charge in [-0.2, -0.15) is 0 Å². The van der Waals surface area contributed by atoms with E-state index in [2.05, 4.69) is 34.5 Å². The Morgan fingerprint density at radius 1 is 1.31 bits per heavy atom. The minimum Gasteiger partial charge on any atom is -0.494 e. The van der Waals surface area contributed by atoms with Crippen molar-refractivity contribution in [2.75, 3.05) is 11.5 Å². The number of nitrogens with zero attached hydrogens (tertiary/aromatic N) is 2. The predicted octanol–water partition coefficient (Wildman–Crippen LogP) is 5.59. The summed E-state index contributed by atoms with van der Waals surface area (Å²) in [4.78, 5) is 17.8. The van der Waals surface area contributed by atoms with Crippen LogP contribution in [0.5, 0.6) is 5.75 Å². The van der Waals surface area contributed by atoms with E-state index in [1.165, 1.54) is 0 Å².